The fourth-order valence-corrected chi connectivity index (χ4v) is 1.24. The number of hydrogen-bond donors (Lipinski definition) is 2. The maximum absolute atomic E-state index is 11.3. The molecule has 80 valence electrons. The highest BCUT2D eigenvalue weighted by Gasteiger charge is 2.21. The lowest BCUT2D eigenvalue weighted by Crippen LogP contribution is -2.38. The van der Waals surface area contributed by atoms with E-state index in [9.17, 15) is 4.79 Å². The van der Waals surface area contributed by atoms with Crippen molar-refractivity contribution in [2.75, 3.05) is 13.1 Å². The maximum Gasteiger partial charge on any atom is 0.233 e. The molecule has 0 bridgehead atoms. The number of rotatable bonds is 7. The molecule has 0 heterocycles. The van der Waals surface area contributed by atoms with Gasteiger partial charge in [0.25, 0.3) is 0 Å². The molecule has 1 amide bonds. The van der Waals surface area contributed by atoms with Gasteiger partial charge in [0.15, 0.2) is 0 Å². The Hall–Kier alpha value is -0.830. The molecule has 0 aromatic carbocycles. The van der Waals surface area contributed by atoms with Gasteiger partial charge in [0.1, 0.15) is 0 Å². The van der Waals surface area contributed by atoms with Gasteiger partial charge in [0.2, 0.25) is 5.91 Å². The lowest BCUT2D eigenvalue weighted by atomic mass is 10.2. The van der Waals surface area contributed by atoms with Crippen molar-refractivity contribution < 1.29 is 4.79 Å². The average Bonchev–Trinajstić information content (AvgIpc) is 2.95. The average molecular weight is 196 g/mol. The van der Waals surface area contributed by atoms with Crippen LogP contribution in [0.15, 0.2) is 12.7 Å². The van der Waals surface area contributed by atoms with Gasteiger partial charge in [-0.25, -0.2) is 0 Å². The van der Waals surface area contributed by atoms with E-state index in [1.54, 1.807) is 0 Å². The molecule has 0 aliphatic heterocycles. The monoisotopic (exact) mass is 196 g/mol. The summed E-state index contributed by atoms with van der Waals surface area (Å²) in [5, 5.41) is 6.06. The van der Waals surface area contributed by atoms with Gasteiger partial charge >= 0.3 is 0 Å². The molecule has 0 aromatic heterocycles. The molecule has 1 aliphatic rings. The second kappa shape index (κ2) is 5.81. The van der Waals surface area contributed by atoms with Crippen molar-refractivity contribution in [3.8, 4) is 0 Å². The number of amides is 1. The molecule has 1 unspecified atom stereocenters. The summed E-state index contributed by atoms with van der Waals surface area (Å²) >= 11 is 0. The normalized spacial score (nSPS) is 17.5. The largest absolute Gasteiger partial charge is 0.355 e. The first-order chi connectivity index (χ1) is 6.72. The third-order valence-corrected chi connectivity index (χ3v) is 2.42. The number of carbonyl (C=O) groups excluding carboxylic acids is 1. The lowest BCUT2D eigenvalue weighted by molar-refractivity contribution is -0.120. The van der Waals surface area contributed by atoms with Crippen LogP contribution in [0.3, 0.4) is 0 Å². The van der Waals surface area contributed by atoms with Crippen LogP contribution in [0.25, 0.3) is 0 Å². The Labute approximate surface area is 86.0 Å². The highest BCUT2D eigenvalue weighted by atomic mass is 16.1. The minimum atomic E-state index is 0.104. The summed E-state index contributed by atoms with van der Waals surface area (Å²) in [4.78, 5) is 11.3. The van der Waals surface area contributed by atoms with Gasteiger partial charge in [-0.3, -0.25) is 4.79 Å². The predicted molar refractivity (Wildman–Crippen MR) is 58.0 cm³/mol. The van der Waals surface area contributed by atoms with Crippen molar-refractivity contribution in [2.45, 2.75) is 32.2 Å². The summed E-state index contributed by atoms with van der Waals surface area (Å²) in [5.41, 5.74) is 0. The molecule has 1 rings (SSSR count). The zero-order chi connectivity index (χ0) is 10.4. The van der Waals surface area contributed by atoms with Crippen LogP contribution in [0.2, 0.25) is 0 Å². The molecule has 1 saturated carbocycles. The van der Waals surface area contributed by atoms with Gasteiger partial charge in [-0.2, -0.15) is 0 Å². The SMILES string of the molecule is C=CCC(C)NCC(=O)NCC1CC1. The van der Waals surface area contributed by atoms with E-state index in [4.69, 9.17) is 0 Å². The van der Waals surface area contributed by atoms with Gasteiger partial charge in [0.05, 0.1) is 6.54 Å². The topological polar surface area (TPSA) is 41.1 Å². The minimum Gasteiger partial charge on any atom is -0.355 e. The molecule has 14 heavy (non-hydrogen) atoms. The molecule has 3 nitrogen and oxygen atoms in total. The first-order valence-corrected chi connectivity index (χ1v) is 5.33. The molecule has 2 N–H and O–H groups in total. The molecule has 1 atom stereocenters. The zero-order valence-electron chi connectivity index (χ0n) is 8.88. The molecule has 3 heteroatoms. The van der Waals surface area contributed by atoms with E-state index in [0.29, 0.717) is 12.6 Å². The van der Waals surface area contributed by atoms with Crippen LogP contribution in [0.5, 0.6) is 0 Å². The van der Waals surface area contributed by atoms with E-state index in [1.165, 1.54) is 12.8 Å². The summed E-state index contributed by atoms with van der Waals surface area (Å²) in [6, 6.07) is 0.333. The van der Waals surface area contributed by atoms with E-state index in [0.717, 1.165) is 18.9 Å². The summed E-state index contributed by atoms with van der Waals surface area (Å²) in [6.07, 6.45) is 5.32. The van der Waals surface area contributed by atoms with Crippen molar-refractivity contribution in [2.24, 2.45) is 5.92 Å². The first-order valence-electron chi connectivity index (χ1n) is 5.33. The van der Waals surface area contributed by atoms with Gasteiger partial charge in [0, 0.05) is 12.6 Å². The van der Waals surface area contributed by atoms with Crippen LogP contribution >= 0.6 is 0 Å². The number of hydrogen-bond acceptors (Lipinski definition) is 2. The van der Waals surface area contributed by atoms with Gasteiger partial charge in [-0.1, -0.05) is 6.08 Å². The molecule has 0 spiro atoms. The van der Waals surface area contributed by atoms with Crippen molar-refractivity contribution in [3.63, 3.8) is 0 Å². The number of nitrogens with one attached hydrogen (secondary N) is 2. The highest BCUT2D eigenvalue weighted by molar-refractivity contribution is 5.78. The van der Waals surface area contributed by atoms with Crippen LogP contribution in [0.1, 0.15) is 26.2 Å². The van der Waals surface area contributed by atoms with Crippen LogP contribution in [-0.2, 0) is 4.79 Å². The van der Waals surface area contributed by atoms with E-state index in [-0.39, 0.29) is 5.91 Å². The van der Waals surface area contributed by atoms with Crippen molar-refractivity contribution >= 4 is 5.91 Å². The Bertz CT molecular complexity index is 199. The van der Waals surface area contributed by atoms with Crippen molar-refractivity contribution in [1.29, 1.82) is 0 Å². The van der Waals surface area contributed by atoms with Gasteiger partial charge in [-0.15, -0.1) is 6.58 Å². The third kappa shape index (κ3) is 5.02. The Morgan fingerprint density at radius 3 is 2.93 bits per heavy atom. The Balaban J connectivity index is 1.98. The van der Waals surface area contributed by atoms with Crippen LogP contribution < -0.4 is 10.6 Å². The van der Waals surface area contributed by atoms with E-state index in [2.05, 4.69) is 24.1 Å². The van der Waals surface area contributed by atoms with Crippen molar-refractivity contribution in [3.05, 3.63) is 12.7 Å². The van der Waals surface area contributed by atoms with E-state index < -0.39 is 0 Å². The Morgan fingerprint density at radius 1 is 1.64 bits per heavy atom. The zero-order valence-corrected chi connectivity index (χ0v) is 8.88. The van der Waals surface area contributed by atoms with E-state index in [1.807, 2.05) is 6.08 Å². The van der Waals surface area contributed by atoms with Crippen LogP contribution in [0, 0.1) is 5.92 Å². The summed E-state index contributed by atoms with van der Waals surface area (Å²) in [7, 11) is 0. The van der Waals surface area contributed by atoms with Crippen LogP contribution in [-0.4, -0.2) is 25.0 Å². The molecular weight excluding hydrogens is 176 g/mol. The molecular formula is C11H20N2O. The lowest BCUT2D eigenvalue weighted by Gasteiger charge is -2.11. The molecule has 0 aromatic rings. The molecule has 0 saturated heterocycles. The summed E-state index contributed by atoms with van der Waals surface area (Å²) in [6.45, 7) is 6.98. The fourth-order valence-electron chi connectivity index (χ4n) is 1.24. The Kier molecular flexibility index (Phi) is 4.66. The van der Waals surface area contributed by atoms with Crippen LogP contribution in [0.4, 0.5) is 0 Å². The summed E-state index contributed by atoms with van der Waals surface area (Å²) in [5.74, 6) is 0.859. The molecule has 0 radical (unpaired) electrons. The minimum absolute atomic E-state index is 0.104. The maximum atomic E-state index is 11.3. The third-order valence-electron chi connectivity index (χ3n) is 2.42. The smallest absolute Gasteiger partial charge is 0.233 e. The second-order valence-corrected chi connectivity index (χ2v) is 4.05. The van der Waals surface area contributed by atoms with Gasteiger partial charge in [-0.05, 0) is 32.1 Å². The second-order valence-electron chi connectivity index (χ2n) is 4.05. The fraction of sp³-hybridized carbons (Fsp3) is 0.727. The van der Waals surface area contributed by atoms with Gasteiger partial charge < -0.3 is 10.6 Å². The quantitative estimate of drug-likeness (QED) is 0.598. The molecule has 1 aliphatic carbocycles. The summed E-state index contributed by atoms with van der Waals surface area (Å²) < 4.78 is 0. The standard InChI is InChI=1S/C11H20N2O/c1-3-4-9(2)12-8-11(14)13-7-10-5-6-10/h3,9-10,12H,1,4-8H2,2H3,(H,13,14). The first kappa shape index (κ1) is 11.2. The van der Waals surface area contributed by atoms with E-state index >= 15 is 0 Å². The molecule has 1 fully saturated rings. The number of carbonyl (C=O) groups is 1. The predicted octanol–water partition coefficient (Wildman–Crippen LogP) is 1.07. The van der Waals surface area contributed by atoms with Crippen molar-refractivity contribution in [1.82, 2.24) is 10.6 Å². The Morgan fingerprint density at radius 2 is 2.36 bits per heavy atom. The highest BCUT2D eigenvalue weighted by Crippen LogP contribution is 2.27.